The van der Waals surface area contributed by atoms with Crippen LogP contribution in [0.25, 0.3) is 0 Å². The first kappa shape index (κ1) is 14.9. The largest absolute Gasteiger partial charge is 0.384 e. The molecular formula is C13H29NO. The van der Waals surface area contributed by atoms with Crippen LogP contribution in [0.2, 0.25) is 0 Å². The van der Waals surface area contributed by atoms with E-state index in [-0.39, 0.29) is 0 Å². The van der Waals surface area contributed by atoms with Crippen molar-refractivity contribution in [1.82, 2.24) is 5.32 Å². The molecule has 0 spiro atoms. The minimum absolute atomic E-state index is 0.361. The molecule has 0 fully saturated rings. The first-order chi connectivity index (χ1) is 7.24. The monoisotopic (exact) mass is 215 g/mol. The van der Waals surface area contributed by atoms with Crippen molar-refractivity contribution < 1.29 is 4.74 Å². The van der Waals surface area contributed by atoms with E-state index in [0.717, 1.165) is 19.7 Å². The smallest absolute Gasteiger partial charge is 0.0530 e. The molecule has 0 bridgehead atoms. The highest BCUT2D eigenvalue weighted by Crippen LogP contribution is 2.28. The number of hydrogen-bond acceptors (Lipinski definition) is 2. The molecule has 92 valence electrons. The number of ether oxygens (including phenoxy) is 1. The Bertz CT molecular complexity index is 138. The standard InChI is InChI=1S/C13H29NO/c1-5-8-9-13(7-3,12-15-4)11-14-10-6-2/h14H,5-12H2,1-4H3. The van der Waals surface area contributed by atoms with E-state index in [1.807, 2.05) is 7.11 Å². The van der Waals surface area contributed by atoms with E-state index in [1.165, 1.54) is 32.1 Å². The molecule has 0 aromatic carbocycles. The van der Waals surface area contributed by atoms with Gasteiger partial charge >= 0.3 is 0 Å². The molecule has 0 aromatic rings. The van der Waals surface area contributed by atoms with Crippen LogP contribution in [-0.4, -0.2) is 26.8 Å². The Kier molecular flexibility index (Phi) is 9.12. The zero-order valence-corrected chi connectivity index (χ0v) is 11.1. The fraction of sp³-hybridized carbons (Fsp3) is 1.00. The number of rotatable bonds is 10. The van der Waals surface area contributed by atoms with E-state index >= 15 is 0 Å². The molecule has 1 unspecified atom stereocenters. The SMILES string of the molecule is CCCCC(CC)(CNCCC)COC. The second-order valence-corrected chi connectivity index (χ2v) is 4.57. The summed E-state index contributed by atoms with van der Waals surface area (Å²) in [5, 5.41) is 3.54. The summed E-state index contributed by atoms with van der Waals surface area (Å²) >= 11 is 0. The van der Waals surface area contributed by atoms with Gasteiger partial charge in [0.05, 0.1) is 6.61 Å². The summed E-state index contributed by atoms with van der Waals surface area (Å²) in [6, 6.07) is 0. The van der Waals surface area contributed by atoms with E-state index in [1.54, 1.807) is 0 Å². The van der Waals surface area contributed by atoms with Crippen molar-refractivity contribution in [3.8, 4) is 0 Å². The van der Waals surface area contributed by atoms with E-state index in [4.69, 9.17) is 4.74 Å². The van der Waals surface area contributed by atoms with Crippen LogP contribution in [0.15, 0.2) is 0 Å². The minimum atomic E-state index is 0.361. The van der Waals surface area contributed by atoms with Gasteiger partial charge in [-0.3, -0.25) is 0 Å². The van der Waals surface area contributed by atoms with Crippen LogP contribution in [0.1, 0.15) is 52.9 Å². The Hall–Kier alpha value is -0.0800. The van der Waals surface area contributed by atoms with Gasteiger partial charge in [0.15, 0.2) is 0 Å². The Balaban J connectivity index is 4.09. The van der Waals surface area contributed by atoms with Gasteiger partial charge in [0.25, 0.3) is 0 Å². The molecule has 0 rings (SSSR count). The average Bonchev–Trinajstić information content (AvgIpc) is 2.26. The Morgan fingerprint density at radius 3 is 2.33 bits per heavy atom. The number of hydrogen-bond donors (Lipinski definition) is 1. The predicted octanol–water partition coefficient (Wildman–Crippen LogP) is 3.22. The van der Waals surface area contributed by atoms with Crippen molar-refractivity contribution in [3.63, 3.8) is 0 Å². The van der Waals surface area contributed by atoms with Crippen molar-refractivity contribution in [2.75, 3.05) is 26.8 Å². The summed E-state index contributed by atoms with van der Waals surface area (Å²) in [6.45, 7) is 9.86. The predicted molar refractivity (Wildman–Crippen MR) is 67.3 cm³/mol. The first-order valence-corrected chi connectivity index (χ1v) is 6.44. The van der Waals surface area contributed by atoms with Crippen molar-refractivity contribution in [3.05, 3.63) is 0 Å². The molecule has 15 heavy (non-hydrogen) atoms. The third-order valence-corrected chi connectivity index (χ3v) is 3.19. The van der Waals surface area contributed by atoms with Gasteiger partial charge in [0.2, 0.25) is 0 Å². The minimum Gasteiger partial charge on any atom is -0.384 e. The fourth-order valence-corrected chi connectivity index (χ4v) is 2.00. The van der Waals surface area contributed by atoms with Crippen LogP contribution in [0, 0.1) is 5.41 Å². The average molecular weight is 215 g/mol. The summed E-state index contributed by atoms with van der Waals surface area (Å²) in [5.41, 5.74) is 0.361. The highest BCUT2D eigenvalue weighted by atomic mass is 16.5. The third kappa shape index (κ3) is 6.16. The number of unbranched alkanes of at least 4 members (excludes halogenated alkanes) is 1. The topological polar surface area (TPSA) is 21.3 Å². The quantitative estimate of drug-likeness (QED) is 0.565. The third-order valence-electron chi connectivity index (χ3n) is 3.19. The molecule has 2 nitrogen and oxygen atoms in total. The normalized spacial score (nSPS) is 15.2. The van der Waals surface area contributed by atoms with Gasteiger partial charge < -0.3 is 10.1 Å². The summed E-state index contributed by atoms with van der Waals surface area (Å²) in [7, 11) is 1.82. The molecule has 1 atom stereocenters. The number of nitrogens with one attached hydrogen (secondary N) is 1. The molecule has 0 aliphatic heterocycles. The van der Waals surface area contributed by atoms with E-state index in [0.29, 0.717) is 5.41 Å². The van der Waals surface area contributed by atoms with Crippen molar-refractivity contribution in [1.29, 1.82) is 0 Å². The van der Waals surface area contributed by atoms with E-state index < -0.39 is 0 Å². The van der Waals surface area contributed by atoms with Gasteiger partial charge in [-0.05, 0) is 25.8 Å². The molecule has 0 amide bonds. The fourth-order valence-electron chi connectivity index (χ4n) is 2.00. The van der Waals surface area contributed by atoms with Crippen molar-refractivity contribution in [2.24, 2.45) is 5.41 Å². The highest BCUT2D eigenvalue weighted by Gasteiger charge is 2.26. The summed E-state index contributed by atoms with van der Waals surface area (Å²) in [5.74, 6) is 0. The van der Waals surface area contributed by atoms with Crippen molar-refractivity contribution in [2.45, 2.75) is 52.9 Å². The van der Waals surface area contributed by atoms with Crippen molar-refractivity contribution >= 4 is 0 Å². The molecule has 0 aliphatic carbocycles. The van der Waals surface area contributed by atoms with Gasteiger partial charge in [-0.1, -0.05) is 33.6 Å². The number of methoxy groups -OCH3 is 1. The maximum absolute atomic E-state index is 5.39. The molecule has 0 radical (unpaired) electrons. The lowest BCUT2D eigenvalue weighted by Gasteiger charge is -2.32. The Morgan fingerprint density at radius 1 is 1.13 bits per heavy atom. The first-order valence-electron chi connectivity index (χ1n) is 6.44. The zero-order valence-electron chi connectivity index (χ0n) is 11.1. The maximum Gasteiger partial charge on any atom is 0.0530 e. The Morgan fingerprint density at radius 2 is 1.87 bits per heavy atom. The summed E-state index contributed by atoms with van der Waals surface area (Å²) < 4.78 is 5.39. The lowest BCUT2D eigenvalue weighted by molar-refractivity contribution is 0.0662. The van der Waals surface area contributed by atoms with Crippen LogP contribution in [0.4, 0.5) is 0 Å². The molecule has 0 heterocycles. The van der Waals surface area contributed by atoms with Gasteiger partial charge in [-0.25, -0.2) is 0 Å². The second kappa shape index (κ2) is 9.17. The van der Waals surface area contributed by atoms with E-state index in [2.05, 4.69) is 26.1 Å². The molecule has 1 N–H and O–H groups in total. The van der Waals surface area contributed by atoms with Crippen LogP contribution >= 0.6 is 0 Å². The molecule has 0 aromatic heterocycles. The molecule has 0 aliphatic rings. The molecule has 2 heteroatoms. The van der Waals surface area contributed by atoms with Gasteiger partial charge in [-0.2, -0.15) is 0 Å². The lowest BCUT2D eigenvalue weighted by Crippen LogP contribution is -2.38. The molecule has 0 saturated heterocycles. The highest BCUT2D eigenvalue weighted by molar-refractivity contribution is 4.80. The van der Waals surface area contributed by atoms with Crippen LogP contribution in [0.5, 0.6) is 0 Å². The van der Waals surface area contributed by atoms with Gasteiger partial charge in [-0.15, -0.1) is 0 Å². The van der Waals surface area contributed by atoms with Crippen LogP contribution in [0.3, 0.4) is 0 Å². The lowest BCUT2D eigenvalue weighted by atomic mass is 9.81. The van der Waals surface area contributed by atoms with Crippen LogP contribution in [-0.2, 0) is 4.74 Å². The van der Waals surface area contributed by atoms with Crippen LogP contribution < -0.4 is 5.32 Å². The summed E-state index contributed by atoms with van der Waals surface area (Å²) in [4.78, 5) is 0. The van der Waals surface area contributed by atoms with E-state index in [9.17, 15) is 0 Å². The molecule has 0 saturated carbocycles. The Labute approximate surface area is 95.8 Å². The van der Waals surface area contributed by atoms with Gasteiger partial charge in [0, 0.05) is 19.1 Å². The van der Waals surface area contributed by atoms with Gasteiger partial charge in [0.1, 0.15) is 0 Å². The molecular weight excluding hydrogens is 186 g/mol. The maximum atomic E-state index is 5.39. The second-order valence-electron chi connectivity index (χ2n) is 4.57. The zero-order chi connectivity index (χ0) is 11.6. The summed E-state index contributed by atoms with van der Waals surface area (Å²) in [6.07, 6.45) is 6.28.